The minimum atomic E-state index is -4.39. The van der Waals surface area contributed by atoms with E-state index in [1.54, 1.807) is 0 Å². The maximum Gasteiger partial charge on any atom is 0.692 e. The zero-order valence-electron chi connectivity index (χ0n) is 7.86. The molecule has 92 valence electrons. The Morgan fingerprint density at radius 3 is 2.25 bits per heavy atom. The van der Waals surface area contributed by atoms with Gasteiger partial charge in [-0.1, -0.05) is 0 Å². The van der Waals surface area contributed by atoms with E-state index in [2.05, 4.69) is 4.98 Å². The predicted octanol–water partition coefficient (Wildman–Crippen LogP) is -0.992. The first-order valence-electron chi connectivity index (χ1n) is 3.77. The summed E-state index contributed by atoms with van der Waals surface area (Å²) in [4.78, 5) is 34.9. The van der Waals surface area contributed by atoms with E-state index in [-0.39, 0.29) is 6.54 Å². The van der Waals surface area contributed by atoms with Gasteiger partial charge in [0.2, 0.25) is 0 Å². The Bertz CT molecular complexity index is 357. The van der Waals surface area contributed by atoms with Gasteiger partial charge in [-0.15, -0.1) is 9.79 Å². The van der Waals surface area contributed by atoms with Crippen molar-refractivity contribution in [2.24, 2.45) is 0 Å². The maximum atomic E-state index is 10.5. The van der Waals surface area contributed by atoms with Gasteiger partial charge in [-0.2, -0.15) is 0 Å². The van der Waals surface area contributed by atoms with Crippen LogP contribution in [0.2, 0.25) is 0 Å². The molecule has 0 amide bonds. The van der Waals surface area contributed by atoms with Gasteiger partial charge in [0.05, 0.1) is 12.9 Å². The smallest absolute Gasteiger partial charge is 0.379 e. The predicted molar refractivity (Wildman–Crippen MR) is 52.3 cm³/mol. The first-order valence-corrected chi connectivity index (χ1v) is 6.62. The third-order valence-electron chi connectivity index (χ3n) is 1.32. The Hall–Kier alpha value is -0.660. The van der Waals surface area contributed by atoms with Crippen molar-refractivity contribution in [3.05, 3.63) is 18.7 Å². The van der Waals surface area contributed by atoms with Crippen LogP contribution in [0.1, 0.15) is 0 Å². The van der Waals surface area contributed by atoms with Gasteiger partial charge in [0.25, 0.3) is 0 Å². The SMILES string of the molecule is O=P(O)(O)C(O)Cn1ccnc1.O=[P+](O)O. The van der Waals surface area contributed by atoms with Crippen LogP contribution in [0.3, 0.4) is 0 Å². The summed E-state index contributed by atoms with van der Waals surface area (Å²) in [5.41, 5.74) is 0. The average molecular weight is 273 g/mol. The molecule has 0 aliphatic rings. The van der Waals surface area contributed by atoms with Crippen LogP contribution in [0.5, 0.6) is 0 Å². The molecule has 9 nitrogen and oxygen atoms in total. The monoisotopic (exact) mass is 273 g/mol. The average Bonchev–Trinajstić information content (AvgIpc) is 2.53. The number of rotatable bonds is 3. The van der Waals surface area contributed by atoms with Crippen molar-refractivity contribution in [1.82, 2.24) is 9.55 Å². The van der Waals surface area contributed by atoms with Gasteiger partial charge < -0.3 is 19.5 Å². The lowest BCUT2D eigenvalue weighted by molar-refractivity contribution is 0.185. The molecular formula is C5H11N2O7P2+. The molecule has 0 saturated heterocycles. The number of hydrogen-bond acceptors (Lipinski definition) is 4. The van der Waals surface area contributed by atoms with Crippen LogP contribution >= 0.6 is 15.9 Å². The number of aromatic nitrogens is 2. The van der Waals surface area contributed by atoms with Gasteiger partial charge in [-0.3, -0.25) is 4.57 Å². The molecule has 5 N–H and O–H groups in total. The van der Waals surface area contributed by atoms with E-state index in [0.717, 1.165) is 0 Å². The van der Waals surface area contributed by atoms with Crippen LogP contribution in [0.15, 0.2) is 18.7 Å². The second-order valence-electron chi connectivity index (χ2n) is 2.58. The molecule has 1 rings (SSSR count). The number of aliphatic hydroxyl groups is 1. The number of imidazole rings is 1. The van der Waals surface area contributed by atoms with E-state index < -0.39 is 21.7 Å². The summed E-state index contributed by atoms with van der Waals surface area (Å²) >= 11 is 0. The van der Waals surface area contributed by atoms with Crippen molar-refractivity contribution >= 4 is 15.9 Å². The third-order valence-corrected chi connectivity index (χ3v) is 2.26. The minimum absolute atomic E-state index is 0.149. The van der Waals surface area contributed by atoms with Gasteiger partial charge in [0, 0.05) is 17.0 Å². The summed E-state index contributed by atoms with van der Waals surface area (Å²) in [6, 6.07) is 0. The summed E-state index contributed by atoms with van der Waals surface area (Å²) in [6.07, 6.45) is 4.35. The van der Waals surface area contributed by atoms with E-state index in [9.17, 15) is 4.57 Å². The Morgan fingerprint density at radius 1 is 1.44 bits per heavy atom. The first kappa shape index (κ1) is 15.3. The highest BCUT2D eigenvalue weighted by molar-refractivity contribution is 7.52. The zero-order valence-corrected chi connectivity index (χ0v) is 9.65. The summed E-state index contributed by atoms with van der Waals surface area (Å²) in [5, 5.41) is 8.95. The maximum absolute atomic E-state index is 10.5. The number of aliphatic hydroxyl groups excluding tert-OH is 1. The lowest BCUT2D eigenvalue weighted by atomic mass is 10.6. The topological polar surface area (TPSA) is 153 Å². The second kappa shape index (κ2) is 6.82. The molecule has 1 unspecified atom stereocenters. The molecule has 1 atom stereocenters. The summed E-state index contributed by atoms with van der Waals surface area (Å²) in [7, 11) is -7.26. The van der Waals surface area contributed by atoms with Gasteiger partial charge in [0.15, 0.2) is 5.85 Å². The van der Waals surface area contributed by atoms with Crippen molar-refractivity contribution in [1.29, 1.82) is 0 Å². The van der Waals surface area contributed by atoms with Gasteiger partial charge >= 0.3 is 15.9 Å². The van der Waals surface area contributed by atoms with Crippen molar-refractivity contribution < 1.29 is 33.8 Å². The standard InChI is InChI=1S/C5H9N2O4P.HO3P/c8-5(12(9,10)11)3-7-2-1-6-4-7;1-4(2)3/h1-2,4-5,8H,3H2,(H2,9,10,11);(H-,1,2,3)/p+1. The van der Waals surface area contributed by atoms with Crippen molar-refractivity contribution in [2.75, 3.05) is 0 Å². The second-order valence-corrected chi connectivity index (χ2v) is 4.86. The van der Waals surface area contributed by atoms with Crippen LogP contribution in [-0.2, 0) is 15.7 Å². The fraction of sp³-hybridized carbons (Fsp3) is 0.400. The van der Waals surface area contributed by atoms with Crippen LogP contribution < -0.4 is 0 Å². The highest BCUT2D eigenvalue weighted by Gasteiger charge is 2.26. The van der Waals surface area contributed by atoms with Crippen molar-refractivity contribution in [2.45, 2.75) is 12.4 Å². The molecule has 0 fully saturated rings. The van der Waals surface area contributed by atoms with Gasteiger partial charge in [0.1, 0.15) is 0 Å². The normalized spacial score (nSPS) is 12.6. The molecule has 1 aromatic heterocycles. The van der Waals surface area contributed by atoms with Gasteiger partial charge in [-0.05, 0) is 0 Å². The van der Waals surface area contributed by atoms with Crippen LogP contribution in [-0.4, -0.2) is 40.1 Å². The minimum Gasteiger partial charge on any atom is -0.379 e. The quantitative estimate of drug-likeness (QED) is 0.440. The van der Waals surface area contributed by atoms with Crippen molar-refractivity contribution in [3.8, 4) is 0 Å². The van der Waals surface area contributed by atoms with Crippen LogP contribution in [0, 0.1) is 0 Å². The Kier molecular flexibility index (Phi) is 6.54. The molecule has 0 radical (unpaired) electrons. The molecule has 0 saturated carbocycles. The molecule has 11 heteroatoms. The Morgan fingerprint density at radius 2 is 1.94 bits per heavy atom. The lowest BCUT2D eigenvalue weighted by Gasteiger charge is -2.11. The molecule has 0 aromatic carbocycles. The fourth-order valence-electron chi connectivity index (χ4n) is 0.690. The highest BCUT2D eigenvalue weighted by Crippen LogP contribution is 2.40. The lowest BCUT2D eigenvalue weighted by Crippen LogP contribution is -2.14. The van der Waals surface area contributed by atoms with E-state index in [1.165, 1.54) is 23.3 Å². The van der Waals surface area contributed by atoms with E-state index in [4.69, 9.17) is 29.2 Å². The number of hydrogen-bond donors (Lipinski definition) is 5. The van der Waals surface area contributed by atoms with E-state index in [0.29, 0.717) is 0 Å². The Labute approximate surface area is 91.1 Å². The Balaban J connectivity index is 0.000000487. The summed E-state index contributed by atoms with van der Waals surface area (Å²) in [5.74, 6) is -1.66. The molecule has 1 heterocycles. The van der Waals surface area contributed by atoms with Crippen LogP contribution in [0.25, 0.3) is 0 Å². The molecule has 1 aromatic rings. The zero-order chi connectivity index (χ0) is 12.8. The molecule has 16 heavy (non-hydrogen) atoms. The largest absolute Gasteiger partial charge is 0.692 e. The number of nitrogens with zero attached hydrogens (tertiary/aromatic N) is 2. The summed E-state index contributed by atoms with van der Waals surface area (Å²) < 4.78 is 20.6. The van der Waals surface area contributed by atoms with E-state index in [1.807, 2.05) is 0 Å². The molecule has 0 bridgehead atoms. The molecule has 0 aliphatic heterocycles. The van der Waals surface area contributed by atoms with Gasteiger partial charge in [-0.25, -0.2) is 4.98 Å². The first-order chi connectivity index (χ1) is 7.23. The molecule has 0 spiro atoms. The molecular weight excluding hydrogens is 262 g/mol. The van der Waals surface area contributed by atoms with Crippen LogP contribution in [0.4, 0.5) is 0 Å². The van der Waals surface area contributed by atoms with E-state index >= 15 is 0 Å². The third kappa shape index (κ3) is 7.61. The highest BCUT2D eigenvalue weighted by atomic mass is 31.2. The molecule has 0 aliphatic carbocycles. The fourth-order valence-corrected chi connectivity index (χ4v) is 1.09. The van der Waals surface area contributed by atoms with Crippen molar-refractivity contribution in [3.63, 3.8) is 0 Å². The summed E-state index contributed by atoms with van der Waals surface area (Å²) in [6.45, 7) is -0.149.